The summed E-state index contributed by atoms with van der Waals surface area (Å²) in [4.78, 5) is 37.2. The number of hydrogen-bond donors (Lipinski definition) is 4. The number of benzene rings is 1. The number of imide groups is 1. The van der Waals surface area contributed by atoms with Crippen molar-refractivity contribution >= 4 is 17.7 Å². The zero-order valence-corrected chi connectivity index (χ0v) is 15.9. The van der Waals surface area contributed by atoms with Crippen LogP contribution in [-0.4, -0.2) is 88.3 Å². The molecule has 10 heteroatoms. The predicted octanol–water partition coefficient (Wildman–Crippen LogP) is -1.37. The van der Waals surface area contributed by atoms with Gasteiger partial charge < -0.3 is 30.1 Å². The summed E-state index contributed by atoms with van der Waals surface area (Å²) in [7, 11) is 0. The number of carbonyl (C=O) groups excluding carboxylic acids is 3. The Morgan fingerprint density at radius 3 is 2.34 bits per heavy atom. The lowest BCUT2D eigenvalue weighted by Gasteiger charge is -2.42. The van der Waals surface area contributed by atoms with Crippen LogP contribution in [0.1, 0.15) is 34.1 Å². The molecule has 0 aromatic heterocycles. The van der Waals surface area contributed by atoms with Gasteiger partial charge in [0, 0.05) is 13.5 Å². The van der Waals surface area contributed by atoms with Crippen molar-refractivity contribution in [1.82, 2.24) is 10.2 Å². The molecule has 0 unspecified atom stereocenters. The van der Waals surface area contributed by atoms with E-state index in [0.717, 1.165) is 4.90 Å². The van der Waals surface area contributed by atoms with Gasteiger partial charge in [0.15, 0.2) is 6.29 Å². The second-order valence-corrected chi connectivity index (χ2v) is 6.96. The van der Waals surface area contributed by atoms with Gasteiger partial charge >= 0.3 is 0 Å². The third-order valence-corrected chi connectivity index (χ3v) is 4.94. The van der Waals surface area contributed by atoms with Gasteiger partial charge in [-0.3, -0.25) is 19.3 Å². The van der Waals surface area contributed by atoms with Gasteiger partial charge in [-0.05, 0) is 18.6 Å². The molecule has 0 spiro atoms. The Bertz CT molecular complexity index is 750. The number of hydrogen-bond acceptors (Lipinski definition) is 8. The zero-order valence-electron chi connectivity index (χ0n) is 15.9. The van der Waals surface area contributed by atoms with E-state index in [0.29, 0.717) is 17.5 Å². The van der Waals surface area contributed by atoms with E-state index >= 15 is 0 Å². The fourth-order valence-corrected chi connectivity index (χ4v) is 3.48. The first kappa shape index (κ1) is 21.3. The third kappa shape index (κ3) is 4.31. The third-order valence-electron chi connectivity index (χ3n) is 4.94. The summed E-state index contributed by atoms with van der Waals surface area (Å²) in [5.41, 5.74) is 0.727. The van der Waals surface area contributed by atoms with Crippen LogP contribution in [0, 0.1) is 0 Å². The molecule has 2 aliphatic heterocycles. The Labute approximate surface area is 167 Å². The van der Waals surface area contributed by atoms with E-state index in [4.69, 9.17) is 9.47 Å². The molecular weight excluding hydrogens is 384 g/mol. The highest BCUT2D eigenvalue weighted by Crippen LogP contribution is 2.24. The molecule has 2 heterocycles. The second-order valence-electron chi connectivity index (χ2n) is 6.96. The minimum absolute atomic E-state index is 0.0507. The van der Waals surface area contributed by atoms with Crippen LogP contribution in [0.5, 0.6) is 0 Å². The molecule has 2 aliphatic rings. The van der Waals surface area contributed by atoms with Crippen LogP contribution < -0.4 is 5.32 Å². The van der Waals surface area contributed by atoms with Gasteiger partial charge in [0.25, 0.3) is 11.8 Å². The van der Waals surface area contributed by atoms with Crippen molar-refractivity contribution in [2.45, 2.75) is 44.0 Å². The van der Waals surface area contributed by atoms with Gasteiger partial charge in [-0.25, -0.2) is 0 Å². The van der Waals surface area contributed by atoms with Crippen LogP contribution in [-0.2, 0) is 14.3 Å². The molecule has 0 bridgehead atoms. The van der Waals surface area contributed by atoms with E-state index in [1.54, 1.807) is 24.3 Å². The summed E-state index contributed by atoms with van der Waals surface area (Å²) >= 11 is 0. The summed E-state index contributed by atoms with van der Waals surface area (Å²) in [6.07, 6.45) is -4.69. The highest BCUT2D eigenvalue weighted by atomic mass is 16.7. The predicted molar refractivity (Wildman–Crippen MR) is 97.7 cm³/mol. The number of aliphatic hydroxyl groups excluding tert-OH is 3. The molecule has 3 rings (SSSR count). The first-order valence-electron chi connectivity index (χ1n) is 9.31. The van der Waals surface area contributed by atoms with E-state index in [-0.39, 0.29) is 25.0 Å². The maximum absolute atomic E-state index is 12.3. The maximum atomic E-state index is 12.3. The van der Waals surface area contributed by atoms with E-state index in [1.165, 1.54) is 6.92 Å². The minimum Gasteiger partial charge on any atom is -0.394 e. The van der Waals surface area contributed by atoms with E-state index in [1.807, 2.05) is 0 Å². The molecule has 0 aliphatic carbocycles. The molecule has 1 fully saturated rings. The number of nitrogens with zero attached hydrogens (tertiary/aromatic N) is 1. The number of ether oxygens (including phenoxy) is 2. The largest absolute Gasteiger partial charge is 0.394 e. The Hall–Kier alpha value is -2.37. The van der Waals surface area contributed by atoms with Crippen molar-refractivity contribution in [3.8, 4) is 0 Å². The lowest BCUT2D eigenvalue weighted by molar-refractivity contribution is -0.270. The van der Waals surface area contributed by atoms with Crippen molar-refractivity contribution in [3.05, 3.63) is 35.4 Å². The highest BCUT2D eigenvalue weighted by Gasteiger charge is 2.45. The monoisotopic (exact) mass is 408 g/mol. The Kier molecular flexibility index (Phi) is 6.60. The molecule has 29 heavy (non-hydrogen) atoms. The number of amides is 3. The quantitative estimate of drug-likeness (QED) is 0.319. The topological polar surface area (TPSA) is 146 Å². The summed E-state index contributed by atoms with van der Waals surface area (Å²) < 4.78 is 11.0. The van der Waals surface area contributed by atoms with E-state index in [9.17, 15) is 29.7 Å². The molecule has 1 aromatic rings. The fourth-order valence-electron chi connectivity index (χ4n) is 3.48. The van der Waals surface area contributed by atoms with Gasteiger partial charge in [0.2, 0.25) is 5.91 Å². The van der Waals surface area contributed by atoms with Crippen LogP contribution in [0.3, 0.4) is 0 Å². The lowest BCUT2D eigenvalue weighted by Crippen LogP contribution is -2.64. The molecule has 10 nitrogen and oxygen atoms in total. The van der Waals surface area contributed by atoms with Gasteiger partial charge in [0.05, 0.1) is 24.3 Å². The van der Waals surface area contributed by atoms with Crippen LogP contribution in [0.4, 0.5) is 0 Å². The van der Waals surface area contributed by atoms with Crippen molar-refractivity contribution in [1.29, 1.82) is 0 Å². The minimum atomic E-state index is -1.40. The second kappa shape index (κ2) is 8.97. The zero-order chi connectivity index (χ0) is 21.1. The molecule has 158 valence electrons. The molecule has 1 aromatic carbocycles. The van der Waals surface area contributed by atoms with Crippen molar-refractivity contribution in [2.75, 3.05) is 19.8 Å². The molecule has 0 saturated carbocycles. The van der Waals surface area contributed by atoms with Crippen molar-refractivity contribution < 1.29 is 39.2 Å². The standard InChI is InChI=1S/C19H24N2O8/c1-10(23)20-14-16(25)15(24)13(9-22)29-19(14)28-8-4-7-21-17(26)11-5-2-3-6-12(11)18(21)27/h2-3,5-6,13-16,19,22,24-25H,4,7-9H2,1H3,(H,20,23)/t13-,14-,15-,16-,19-/m1/s1. The molecule has 0 radical (unpaired) electrons. The van der Waals surface area contributed by atoms with Crippen molar-refractivity contribution in [2.24, 2.45) is 0 Å². The lowest BCUT2D eigenvalue weighted by atomic mass is 9.97. The van der Waals surface area contributed by atoms with Crippen LogP contribution in [0.15, 0.2) is 24.3 Å². The highest BCUT2D eigenvalue weighted by molar-refractivity contribution is 6.21. The average Bonchev–Trinajstić information content (AvgIpc) is 2.94. The van der Waals surface area contributed by atoms with E-state index < -0.39 is 43.2 Å². The fraction of sp³-hybridized carbons (Fsp3) is 0.526. The summed E-state index contributed by atoms with van der Waals surface area (Å²) in [6.45, 7) is 0.879. The number of fused-ring (bicyclic) bond motifs is 1. The van der Waals surface area contributed by atoms with E-state index in [2.05, 4.69) is 5.32 Å². The summed E-state index contributed by atoms with van der Waals surface area (Å²) in [5, 5.41) is 32.0. The molecule has 3 amide bonds. The molecular formula is C19H24N2O8. The SMILES string of the molecule is CC(=O)N[C@H]1[C@H](OCCCN2C(=O)c3ccccc3C2=O)O[C@H](CO)[C@@H](O)[C@@H]1O. The van der Waals surface area contributed by atoms with Gasteiger partial charge in [-0.15, -0.1) is 0 Å². The summed E-state index contributed by atoms with van der Waals surface area (Å²) in [5.74, 6) is -1.18. The number of aliphatic hydroxyl groups is 3. The maximum Gasteiger partial charge on any atom is 0.261 e. The van der Waals surface area contributed by atoms with Crippen LogP contribution in [0.25, 0.3) is 0 Å². The first-order valence-corrected chi connectivity index (χ1v) is 9.31. The summed E-state index contributed by atoms with van der Waals surface area (Å²) in [6, 6.07) is 5.54. The van der Waals surface area contributed by atoms with Gasteiger partial charge in [0.1, 0.15) is 24.4 Å². The molecule has 1 saturated heterocycles. The Balaban J connectivity index is 1.56. The Morgan fingerprint density at radius 2 is 1.79 bits per heavy atom. The van der Waals surface area contributed by atoms with Crippen LogP contribution in [0.2, 0.25) is 0 Å². The Morgan fingerprint density at radius 1 is 1.17 bits per heavy atom. The van der Waals surface area contributed by atoms with Crippen LogP contribution >= 0.6 is 0 Å². The normalized spacial score (nSPS) is 29.1. The van der Waals surface area contributed by atoms with Crippen molar-refractivity contribution in [3.63, 3.8) is 0 Å². The molecule has 5 atom stereocenters. The smallest absolute Gasteiger partial charge is 0.261 e. The molecule has 4 N–H and O–H groups in total. The van der Waals surface area contributed by atoms with Gasteiger partial charge in [-0.1, -0.05) is 12.1 Å². The van der Waals surface area contributed by atoms with Gasteiger partial charge in [-0.2, -0.15) is 0 Å². The average molecular weight is 408 g/mol. The number of rotatable bonds is 7. The first-order chi connectivity index (χ1) is 13.8. The number of carbonyl (C=O) groups is 3. The number of nitrogens with one attached hydrogen (secondary N) is 1.